The minimum atomic E-state index is -0.0349. The average Bonchev–Trinajstić information content (AvgIpc) is 2.39. The van der Waals surface area contributed by atoms with Gasteiger partial charge in [-0.05, 0) is 32.2 Å². The van der Waals surface area contributed by atoms with Crippen LogP contribution in [0.1, 0.15) is 39.5 Å². The van der Waals surface area contributed by atoms with Gasteiger partial charge in [-0.3, -0.25) is 4.79 Å². The first-order chi connectivity index (χ1) is 8.22. The van der Waals surface area contributed by atoms with E-state index in [1.165, 1.54) is 6.42 Å². The minimum absolute atomic E-state index is 0.0349. The number of nitrogens with zero attached hydrogens (tertiary/aromatic N) is 2. The van der Waals surface area contributed by atoms with Crippen LogP contribution >= 0.6 is 0 Å². The Morgan fingerprint density at radius 2 is 2.29 bits per heavy atom. The molecule has 1 rings (SSSR count). The number of hydrogen-bond acceptors (Lipinski definition) is 3. The van der Waals surface area contributed by atoms with Crippen LogP contribution in [0.5, 0.6) is 0 Å². The van der Waals surface area contributed by atoms with Gasteiger partial charge < -0.3 is 10.2 Å². The first-order valence-corrected chi connectivity index (χ1v) is 6.62. The van der Waals surface area contributed by atoms with Crippen LogP contribution in [0.3, 0.4) is 0 Å². The van der Waals surface area contributed by atoms with Gasteiger partial charge in [0.15, 0.2) is 0 Å². The molecule has 0 saturated carbocycles. The monoisotopic (exact) mass is 237 g/mol. The lowest BCUT2D eigenvalue weighted by Gasteiger charge is -2.32. The van der Waals surface area contributed by atoms with Crippen LogP contribution in [0.15, 0.2) is 0 Å². The van der Waals surface area contributed by atoms with E-state index < -0.39 is 0 Å². The zero-order valence-electron chi connectivity index (χ0n) is 10.9. The lowest BCUT2D eigenvalue weighted by molar-refractivity contribution is -0.134. The number of carbonyl (C=O) groups is 1. The van der Waals surface area contributed by atoms with E-state index in [1.54, 1.807) is 4.90 Å². The van der Waals surface area contributed by atoms with Crippen LogP contribution in [-0.4, -0.2) is 36.5 Å². The maximum atomic E-state index is 12.3. The Bertz CT molecular complexity index is 285. The Morgan fingerprint density at radius 3 is 2.88 bits per heavy atom. The molecular weight excluding hydrogens is 214 g/mol. The molecule has 0 spiro atoms. The number of likely N-dealkylation sites (N-methyl/N-ethyl adjacent to an activating group) is 1. The summed E-state index contributed by atoms with van der Waals surface area (Å²) < 4.78 is 0. The second kappa shape index (κ2) is 7.29. The molecular formula is C13H23N3O. The summed E-state index contributed by atoms with van der Waals surface area (Å²) >= 11 is 0. The molecule has 1 saturated heterocycles. The van der Waals surface area contributed by atoms with Crippen LogP contribution in [-0.2, 0) is 4.79 Å². The Hall–Kier alpha value is -1.08. The number of amides is 1. The van der Waals surface area contributed by atoms with Gasteiger partial charge in [-0.2, -0.15) is 5.26 Å². The molecule has 1 N–H and O–H groups in total. The number of carbonyl (C=O) groups excluding carboxylic acids is 1. The van der Waals surface area contributed by atoms with Crippen molar-refractivity contribution < 1.29 is 4.79 Å². The van der Waals surface area contributed by atoms with Crippen LogP contribution < -0.4 is 5.32 Å². The third kappa shape index (κ3) is 4.01. The highest BCUT2D eigenvalue weighted by molar-refractivity contribution is 5.82. The summed E-state index contributed by atoms with van der Waals surface area (Å²) in [6, 6.07) is 2.06. The molecule has 1 amide bonds. The van der Waals surface area contributed by atoms with Crippen molar-refractivity contribution in [1.29, 1.82) is 5.26 Å². The molecule has 96 valence electrons. The van der Waals surface area contributed by atoms with Crippen LogP contribution in [0.25, 0.3) is 0 Å². The zero-order valence-corrected chi connectivity index (χ0v) is 10.9. The first kappa shape index (κ1) is 14.0. The Balaban J connectivity index is 2.51. The molecule has 0 radical (unpaired) electrons. The number of nitriles is 1. The lowest BCUT2D eigenvalue weighted by atomic mass is 9.90. The van der Waals surface area contributed by atoms with Gasteiger partial charge >= 0.3 is 0 Å². The van der Waals surface area contributed by atoms with E-state index in [0.717, 1.165) is 19.4 Å². The van der Waals surface area contributed by atoms with E-state index in [2.05, 4.69) is 18.3 Å². The highest BCUT2D eigenvalue weighted by Gasteiger charge is 2.28. The van der Waals surface area contributed by atoms with Crippen molar-refractivity contribution in [2.45, 2.75) is 45.6 Å². The molecule has 0 aromatic rings. The summed E-state index contributed by atoms with van der Waals surface area (Å²) in [7, 11) is 0. The van der Waals surface area contributed by atoms with Crippen LogP contribution in [0, 0.1) is 17.2 Å². The van der Waals surface area contributed by atoms with Crippen LogP contribution in [0.4, 0.5) is 0 Å². The summed E-state index contributed by atoms with van der Waals surface area (Å²) in [5.74, 6) is 0.834. The molecule has 1 heterocycles. The Morgan fingerprint density at radius 1 is 1.53 bits per heavy atom. The standard InChI is InChI=1S/C13H23N3O/c1-3-11-6-8-15-12(10-11)13(17)16(4-2)9-5-7-14/h11-12,15H,3-6,8-10H2,1-2H3. The summed E-state index contributed by atoms with van der Waals surface area (Å²) in [5.41, 5.74) is 0. The van der Waals surface area contributed by atoms with Gasteiger partial charge in [0.25, 0.3) is 0 Å². The summed E-state index contributed by atoms with van der Waals surface area (Å²) in [6.07, 6.45) is 3.68. The molecule has 4 heteroatoms. The molecule has 0 aliphatic carbocycles. The van der Waals surface area contributed by atoms with Gasteiger partial charge in [-0.15, -0.1) is 0 Å². The largest absolute Gasteiger partial charge is 0.341 e. The molecule has 17 heavy (non-hydrogen) atoms. The fourth-order valence-electron chi connectivity index (χ4n) is 2.38. The van der Waals surface area contributed by atoms with E-state index in [9.17, 15) is 4.79 Å². The molecule has 4 nitrogen and oxygen atoms in total. The summed E-state index contributed by atoms with van der Waals surface area (Å²) in [4.78, 5) is 14.0. The van der Waals surface area contributed by atoms with Crippen molar-refractivity contribution in [3.63, 3.8) is 0 Å². The van der Waals surface area contributed by atoms with E-state index in [1.807, 2.05) is 6.92 Å². The van der Waals surface area contributed by atoms with Crippen molar-refractivity contribution in [1.82, 2.24) is 10.2 Å². The van der Waals surface area contributed by atoms with Gasteiger partial charge in [0.05, 0.1) is 18.5 Å². The van der Waals surface area contributed by atoms with Crippen molar-refractivity contribution in [2.75, 3.05) is 19.6 Å². The van der Waals surface area contributed by atoms with Crippen molar-refractivity contribution in [3.05, 3.63) is 0 Å². The maximum absolute atomic E-state index is 12.3. The van der Waals surface area contributed by atoms with E-state index >= 15 is 0 Å². The molecule has 0 aromatic carbocycles. The molecule has 1 aliphatic heterocycles. The third-order valence-corrected chi connectivity index (χ3v) is 3.57. The molecule has 1 aliphatic rings. The lowest BCUT2D eigenvalue weighted by Crippen LogP contribution is -2.50. The molecule has 1 fully saturated rings. The Kier molecular flexibility index (Phi) is 5.99. The number of rotatable bonds is 5. The van der Waals surface area contributed by atoms with Crippen molar-refractivity contribution >= 4 is 5.91 Å². The SMILES string of the molecule is CCC1CCNC(C(=O)N(CC)CCC#N)C1. The van der Waals surface area contributed by atoms with Gasteiger partial charge in [0.2, 0.25) is 5.91 Å². The first-order valence-electron chi connectivity index (χ1n) is 6.62. The molecule has 2 atom stereocenters. The average molecular weight is 237 g/mol. The fourth-order valence-corrected chi connectivity index (χ4v) is 2.38. The quantitative estimate of drug-likeness (QED) is 0.789. The summed E-state index contributed by atoms with van der Waals surface area (Å²) in [5, 5.41) is 11.9. The summed E-state index contributed by atoms with van der Waals surface area (Å²) in [6.45, 7) is 6.33. The fraction of sp³-hybridized carbons (Fsp3) is 0.846. The number of nitrogens with one attached hydrogen (secondary N) is 1. The van der Waals surface area contributed by atoms with Gasteiger partial charge in [0, 0.05) is 13.1 Å². The van der Waals surface area contributed by atoms with Crippen molar-refractivity contribution in [2.24, 2.45) is 5.92 Å². The predicted octanol–water partition coefficient (Wildman–Crippen LogP) is 1.53. The Labute approximate surface area is 104 Å². The van der Waals surface area contributed by atoms with E-state index in [0.29, 0.717) is 25.4 Å². The smallest absolute Gasteiger partial charge is 0.239 e. The normalized spacial score (nSPS) is 24.1. The second-order valence-electron chi connectivity index (χ2n) is 4.63. The predicted molar refractivity (Wildman–Crippen MR) is 67.3 cm³/mol. The van der Waals surface area contributed by atoms with Gasteiger partial charge in [0.1, 0.15) is 0 Å². The zero-order chi connectivity index (χ0) is 12.7. The third-order valence-electron chi connectivity index (χ3n) is 3.57. The highest BCUT2D eigenvalue weighted by Crippen LogP contribution is 2.20. The second-order valence-corrected chi connectivity index (χ2v) is 4.63. The molecule has 0 bridgehead atoms. The van der Waals surface area contributed by atoms with Crippen molar-refractivity contribution in [3.8, 4) is 6.07 Å². The van der Waals surface area contributed by atoms with Gasteiger partial charge in [-0.1, -0.05) is 13.3 Å². The van der Waals surface area contributed by atoms with E-state index in [4.69, 9.17) is 5.26 Å². The topological polar surface area (TPSA) is 56.1 Å². The highest BCUT2D eigenvalue weighted by atomic mass is 16.2. The van der Waals surface area contributed by atoms with Crippen LogP contribution in [0.2, 0.25) is 0 Å². The molecule has 2 unspecified atom stereocenters. The minimum Gasteiger partial charge on any atom is -0.341 e. The maximum Gasteiger partial charge on any atom is 0.239 e. The number of hydrogen-bond donors (Lipinski definition) is 1. The molecule has 0 aromatic heterocycles. The number of piperidine rings is 1. The van der Waals surface area contributed by atoms with E-state index in [-0.39, 0.29) is 11.9 Å². The van der Waals surface area contributed by atoms with Gasteiger partial charge in [-0.25, -0.2) is 0 Å².